The van der Waals surface area contributed by atoms with E-state index in [1.807, 2.05) is 41.9 Å². The van der Waals surface area contributed by atoms with Gasteiger partial charge in [-0.2, -0.15) is 5.10 Å². The molecule has 5 nitrogen and oxygen atoms in total. The summed E-state index contributed by atoms with van der Waals surface area (Å²) in [5.41, 5.74) is 2.93. The molecule has 22 heavy (non-hydrogen) atoms. The van der Waals surface area contributed by atoms with Crippen LogP contribution in [0.4, 0.5) is 0 Å². The van der Waals surface area contributed by atoms with Gasteiger partial charge in [0.25, 0.3) is 5.91 Å². The number of aromatic nitrogens is 3. The van der Waals surface area contributed by atoms with E-state index in [0.717, 1.165) is 28.7 Å². The topological polar surface area (TPSA) is 53.9 Å². The predicted octanol–water partition coefficient (Wildman–Crippen LogP) is 2.89. The molecule has 0 spiro atoms. The Labute approximate surface area is 131 Å². The Morgan fingerprint density at radius 3 is 3.14 bits per heavy atom. The number of carbonyl (C=O) groups is 1. The van der Waals surface area contributed by atoms with Crippen molar-refractivity contribution >= 4 is 33.0 Å². The highest BCUT2D eigenvalue weighted by Gasteiger charge is 2.22. The summed E-state index contributed by atoms with van der Waals surface area (Å²) in [5, 5.41) is 7.34. The Hall–Kier alpha value is -2.34. The molecule has 6 heteroatoms. The molecule has 3 aromatic heterocycles. The molecule has 1 N–H and O–H groups in total. The quantitative estimate of drug-likeness (QED) is 0.791. The summed E-state index contributed by atoms with van der Waals surface area (Å²) in [6, 6.07) is 3.97. The second kappa shape index (κ2) is 5.14. The van der Waals surface area contributed by atoms with Gasteiger partial charge in [-0.05, 0) is 29.5 Å². The maximum atomic E-state index is 12.7. The number of nitrogens with zero attached hydrogens (tertiary/aromatic N) is 3. The number of hydrogen-bond acceptors (Lipinski definition) is 3. The molecule has 4 heterocycles. The van der Waals surface area contributed by atoms with Crippen LogP contribution in [-0.2, 0) is 7.05 Å². The van der Waals surface area contributed by atoms with Crippen molar-refractivity contribution in [2.24, 2.45) is 7.05 Å². The molecular formula is C16H16N4OS. The minimum absolute atomic E-state index is 0.0675. The van der Waals surface area contributed by atoms with Crippen LogP contribution in [-0.4, -0.2) is 38.7 Å². The van der Waals surface area contributed by atoms with Gasteiger partial charge in [-0.15, -0.1) is 11.3 Å². The fourth-order valence-electron chi connectivity index (χ4n) is 2.85. The number of thiophene rings is 1. The zero-order valence-corrected chi connectivity index (χ0v) is 13.1. The third kappa shape index (κ3) is 2.25. The van der Waals surface area contributed by atoms with Crippen molar-refractivity contribution in [1.82, 2.24) is 19.7 Å². The van der Waals surface area contributed by atoms with Crippen LogP contribution < -0.4 is 0 Å². The van der Waals surface area contributed by atoms with Crippen LogP contribution in [0.2, 0.25) is 0 Å². The van der Waals surface area contributed by atoms with Crippen LogP contribution in [0.3, 0.4) is 0 Å². The van der Waals surface area contributed by atoms with Gasteiger partial charge >= 0.3 is 0 Å². The Morgan fingerprint density at radius 2 is 2.36 bits per heavy atom. The summed E-state index contributed by atoms with van der Waals surface area (Å²) >= 11 is 1.62. The largest absolute Gasteiger partial charge is 0.342 e. The van der Waals surface area contributed by atoms with Gasteiger partial charge in [0.2, 0.25) is 0 Å². The molecule has 4 rings (SSSR count). The van der Waals surface area contributed by atoms with Crippen LogP contribution in [0.25, 0.3) is 15.8 Å². The molecular weight excluding hydrogens is 296 g/mol. The fourth-order valence-corrected chi connectivity index (χ4v) is 3.63. The molecule has 3 aromatic rings. The molecule has 0 fully saturated rings. The lowest BCUT2D eigenvalue weighted by atomic mass is 10.0. The number of aromatic amines is 1. The molecule has 0 unspecified atom stereocenters. The molecule has 112 valence electrons. The lowest BCUT2D eigenvalue weighted by molar-refractivity contribution is 0.0770. The average molecular weight is 312 g/mol. The van der Waals surface area contributed by atoms with Gasteiger partial charge in [0.05, 0.1) is 6.20 Å². The predicted molar refractivity (Wildman–Crippen MR) is 87.9 cm³/mol. The first-order valence-electron chi connectivity index (χ1n) is 7.24. The zero-order valence-electron chi connectivity index (χ0n) is 12.2. The number of rotatable bonds is 2. The highest BCUT2D eigenvalue weighted by Crippen LogP contribution is 2.24. The van der Waals surface area contributed by atoms with Crippen molar-refractivity contribution in [3.63, 3.8) is 0 Å². The minimum Gasteiger partial charge on any atom is -0.342 e. The first-order chi connectivity index (χ1) is 10.7. The Kier molecular flexibility index (Phi) is 3.11. The van der Waals surface area contributed by atoms with Crippen LogP contribution >= 0.6 is 11.3 Å². The number of nitrogens with one attached hydrogen (secondary N) is 1. The third-order valence-corrected chi connectivity index (χ3v) is 4.83. The van der Waals surface area contributed by atoms with Crippen molar-refractivity contribution in [3.8, 4) is 0 Å². The summed E-state index contributed by atoms with van der Waals surface area (Å²) in [4.78, 5) is 18.9. The summed E-state index contributed by atoms with van der Waals surface area (Å²) in [6.45, 7) is 1.40. The van der Waals surface area contributed by atoms with Gasteiger partial charge in [0, 0.05) is 37.3 Å². The number of amides is 1. The van der Waals surface area contributed by atoms with Gasteiger partial charge < -0.3 is 9.88 Å². The Morgan fingerprint density at radius 1 is 1.45 bits per heavy atom. The number of aryl methyl sites for hydroxylation is 1. The monoisotopic (exact) mass is 312 g/mol. The average Bonchev–Trinajstić information content (AvgIpc) is 3.21. The Bertz CT molecular complexity index is 841. The van der Waals surface area contributed by atoms with E-state index in [1.54, 1.807) is 16.0 Å². The van der Waals surface area contributed by atoms with Gasteiger partial charge in [-0.25, -0.2) is 0 Å². The van der Waals surface area contributed by atoms with Crippen LogP contribution in [0.5, 0.6) is 0 Å². The van der Waals surface area contributed by atoms with E-state index >= 15 is 0 Å². The molecule has 0 aliphatic carbocycles. The second-order valence-corrected chi connectivity index (χ2v) is 6.45. The maximum absolute atomic E-state index is 12.7. The number of H-pyrrole nitrogens is 1. The van der Waals surface area contributed by atoms with E-state index in [-0.39, 0.29) is 5.91 Å². The van der Waals surface area contributed by atoms with Gasteiger partial charge in [0.15, 0.2) is 0 Å². The van der Waals surface area contributed by atoms with Gasteiger partial charge in [-0.1, -0.05) is 6.08 Å². The van der Waals surface area contributed by atoms with Crippen LogP contribution in [0.1, 0.15) is 22.5 Å². The van der Waals surface area contributed by atoms with Crippen LogP contribution in [0.15, 0.2) is 36.0 Å². The van der Waals surface area contributed by atoms with E-state index in [2.05, 4.69) is 16.2 Å². The summed E-state index contributed by atoms with van der Waals surface area (Å²) in [7, 11) is 1.90. The molecule has 1 amide bonds. The van der Waals surface area contributed by atoms with Crippen molar-refractivity contribution in [2.75, 3.05) is 13.1 Å². The lowest BCUT2D eigenvalue weighted by Crippen LogP contribution is -2.35. The van der Waals surface area contributed by atoms with E-state index < -0.39 is 0 Å². The maximum Gasteiger partial charge on any atom is 0.270 e. The summed E-state index contributed by atoms with van der Waals surface area (Å²) in [6.07, 6.45) is 6.92. The Balaban J connectivity index is 1.57. The van der Waals surface area contributed by atoms with Crippen molar-refractivity contribution in [2.45, 2.75) is 6.42 Å². The highest BCUT2D eigenvalue weighted by molar-refractivity contribution is 7.16. The van der Waals surface area contributed by atoms with Crippen LogP contribution in [0, 0.1) is 0 Å². The molecule has 0 aromatic carbocycles. The molecule has 0 saturated heterocycles. The summed E-state index contributed by atoms with van der Waals surface area (Å²) < 4.78 is 1.79. The lowest BCUT2D eigenvalue weighted by Gasteiger charge is -2.26. The molecule has 0 saturated carbocycles. The van der Waals surface area contributed by atoms with Crippen molar-refractivity contribution < 1.29 is 4.79 Å². The first-order valence-corrected chi connectivity index (χ1v) is 8.12. The SMILES string of the molecule is Cn1cc(C2=CCCN(C(=O)c3cc4ccsc4[nH]3)C2)cn1. The number of carbonyl (C=O) groups excluding carboxylic acids is 1. The fraction of sp³-hybridized carbons (Fsp3) is 0.250. The smallest absolute Gasteiger partial charge is 0.270 e. The van der Waals surface area contributed by atoms with Crippen molar-refractivity contribution in [3.05, 3.63) is 47.2 Å². The molecule has 0 radical (unpaired) electrons. The first kappa shape index (κ1) is 13.3. The molecule has 1 aliphatic rings. The standard InChI is InChI=1S/C16H16N4OS/c1-19-9-13(8-17-19)12-3-2-5-20(10-12)16(21)14-7-11-4-6-22-15(11)18-14/h3-4,6-9,18H,2,5,10H2,1H3. The van der Waals surface area contributed by atoms with Gasteiger partial charge in [0.1, 0.15) is 10.5 Å². The van der Waals surface area contributed by atoms with Crippen molar-refractivity contribution in [1.29, 1.82) is 0 Å². The molecule has 1 aliphatic heterocycles. The molecule has 0 bridgehead atoms. The zero-order chi connectivity index (χ0) is 15.1. The molecule has 0 atom stereocenters. The second-order valence-electron chi connectivity index (χ2n) is 5.54. The summed E-state index contributed by atoms with van der Waals surface area (Å²) in [5.74, 6) is 0.0675. The van der Waals surface area contributed by atoms with E-state index in [4.69, 9.17) is 0 Å². The van der Waals surface area contributed by atoms with E-state index in [9.17, 15) is 4.79 Å². The van der Waals surface area contributed by atoms with E-state index in [0.29, 0.717) is 12.2 Å². The number of fused-ring (bicyclic) bond motifs is 1. The minimum atomic E-state index is 0.0675. The third-order valence-electron chi connectivity index (χ3n) is 3.99. The highest BCUT2D eigenvalue weighted by atomic mass is 32.1. The number of hydrogen-bond donors (Lipinski definition) is 1. The van der Waals surface area contributed by atoms with Gasteiger partial charge in [-0.3, -0.25) is 9.48 Å². The normalized spacial score (nSPS) is 15.3. The van der Waals surface area contributed by atoms with E-state index in [1.165, 1.54) is 5.57 Å².